The first kappa shape index (κ1) is 19.4. The number of carbonyl (C=O) groups is 1. The van der Waals surface area contributed by atoms with Crippen LogP contribution >= 0.6 is 0 Å². The third-order valence-corrected chi connectivity index (χ3v) is 4.39. The molecule has 1 unspecified atom stereocenters. The Kier molecular flexibility index (Phi) is 8.32. The second kappa shape index (κ2) is 8.60. The Bertz CT molecular complexity index is 289. The molecule has 0 aliphatic carbocycles. The first-order valence-corrected chi connectivity index (χ1v) is 7.67. The molecule has 0 saturated heterocycles. The summed E-state index contributed by atoms with van der Waals surface area (Å²) in [5.74, 6) is -0.246. The molecule has 0 aromatic heterocycles. The van der Waals surface area contributed by atoms with Crippen LogP contribution in [0, 0.1) is 5.41 Å². The smallest absolute Gasteiger partial charge is 0.311 e. The number of hydrogen-bond acceptors (Lipinski definition) is 4. The second-order valence-corrected chi connectivity index (χ2v) is 6.16. The van der Waals surface area contributed by atoms with Crippen molar-refractivity contribution in [3.05, 3.63) is 0 Å². The minimum Gasteiger partial charge on any atom is -0.462 e. The van der Waals surface area contributed by atoms with Crippen molar-refractivity contribution in [1.82, 2.24) is 0 Å². The molecule has 0 saturated carbocycles. The molecule has 3 N–H and O–H groups in total. The number of quaternary nitrogens is 1. The summed E-state index contributed by atoms with van der Waals surface area (Å²) in [6.07, 6.45) is 0.0806. The lowest BCUT2D eigenvalue weighted by Crippen LogP contribution is -2.55. The minimum atomic E-state index is -0.641. The molecule has 0 amide bonds. The van der Waals surface area contributed by atoms with Crippen molar-refractivity contribution in [3.8, 4) is 0 Å². The van der Waals surface area contributed by atoms with Crippen LogP contribution in [0.1, 0.15) is 41.0 Å². The number of aliphatic hydroxyl groups excluding tert-OH is 1. The Morgan fingerprint density at radius 3 is 2.25 bits per heavy atom. The molecule has 1 atom stereocenters. The molecule has 0 aliphatic heterocycles. The largest absolute Gasteiger partial charge is 0.462 e. The third-order valence-electron chi connectivity index (χ3n) is 4.39. The molecule has 0 spiro atoms. The number of carbonyl (C=O) groups excluding carboxylic acids is 1. The van der Waals surface area contributed by atoms with Gasteiger partial charge in [-0.3, -0.25) is 4.79 Å². The number of nitrogens with zero attached hydrogens (tertiary/aromatic N) is 1. The maximum atomic E-state index is 11.9. The van der Waals surface area contributed by atoms with Crippen LogP contribution in [0.5, 0.6) is 0 Å². The van der Waals surface area contributed by atoms with Crippen LogP contribution in [0.4, 0.5) is 0 Å². The summed E-state index contributed by atoms with van der Waals surface area (Å²) in [7, 11) is 0. The van der Waals surface area contributed by atoms with Crippen molar-refractivity contribution < 1.29 is 19.1 Å². The zero-order chi connectivity index (χ0) is 15.8. The van der Waals surface area contributed by atoms with Gasteiger partial charge in [0, 0.05) is 6.54 Å². The van der Waals surface area contributed by atoms with Crippen molar-refractivity contribution in [3.63, 3.8) is 0 Å². The maximum Gasteiger partial charge on any atom is 0.311 e. The van der Waals surface area contributed by atoms with Crippen molar-refractivity contribution in [2.24, 2.45) is 11.1 Å². The van der Waals surface area contributed by atoms with Gasteiger partial charge in [-0.05, 0) is 34.1 Å². The zero-order valence-corrected chi connectivity index (χ0v) is 13.8. The molecule has 0 bridgehead atoms. The average molecular weight is 289 g/mol. The molecule has 20 heavy (non-hydrogen) atoms. The SMILES string of the molecule is CCC(C)(C)C(=O)OCC(O)C[N+](CC)(CC)CCN. The Morgan fingerprint density at radius 2 is 1.85 bits per heavy atom. The molecule has 0 fully saturated rings. The van der Waals surface area contributed by atoms with Crippen molar-refractivity contribution in [2.75, 3.05) is 39.3 Å². The lowest BCUT2D eigenvalue weighted by molar-refractivity contribution is -0.926. The van der Waals surface area contributed by atoms with E-state index >= 15 is 0 Å². The van der Waals surface area contributed by atoms with E-state index in [1.807, 2.05) is 20.8 Å². The van der Waals surface area contributed by atoms with E-state index in [1.54, 1.807) is 0 Å². The highest BCUT2D eigenvalue weighted by Crippen LogP contribution is 2.21. The van der Waals surface area contributed by atoms with Gasteiger partial charge < -0.3 is 20.1 Å². The predicted molar refractivity (Wildman–Crippen MR) is 81.2 cm³/mol. The molecule has 0 aromatic carbocycles. The van der Waals surface area contributed by atoms with Gasteiger partial charge in [0.2, 0.25) is 0 Å². The van der Waals surface area contributed by atoms with E-state index in [4.69, 9.17) is 10.5 Å². The number of nitrogens with two attached hydrogens (primary N) is 1. The fourth-order valence-electron chi connectivity index (χ4n) is 2.17. The molecule has 5 nitrogen and oxygen atoms in total. The van der Waals surface area contributed by atoms with Gasteiger partial charge in [-0.2, -0.15) is 0 Å². The molecule has 5 heteroatoms. The first-order valence-electron chi connectivity index (χ1n) is 7.67. The number of esters is 1. The number of likely N-dealkylation sites (N-methyl/N-ethyl adjacent to an activating group) is 1. The quantitative estimate of drug-likeness (QED) is 0.467. The predicted octanol–water partition coefficient (Wildman–Crippen LogP) is 1.14. The van der Waals surface area contributed by atoms with Crippen LogP contribution in [0.25, 0.3) is 0 Å². The van der Waals surface area contributed by atoms with E-state index in [-0.39, 0.29) is 12.6 Å². The summed E-state index contributed by atoms with van der Waals surface area (Å²) in [6.45, 7) is 13.7. The monoisotopic (exact) mass is 289 g/mol. The van der Waals surface area contributed by atoms with Crippen molar-refractivity contribution in [2.45, 2.75) is 47.1 Å². The Morgan fingerprint density at radius 1 is 1.30 bits per heavy atom. The molecule has 120 valence electrons. The third kappa shape index (κ3) is 5.77. The van der Waals surface area contributed by atoms with E-state index in [0.717, 1.165) is 30.5 Å². The topological polar surface area (TPSA) is 72.5 Å². The van der Waals surface area contributed by atoms with E-state index in [1.165, 1.54) is 0 Å². The lowest BCUT2D eigenvalue weighted by atomic mass is 9.91. The van der Waals surface area contributed by atoms with E-state index in [2.05, 4.69) is 13.8 Å². The maximum absolute atomic E-state index is 11.9. The lowest BCUT2D eigenvalue weighted by Gasteiger charge is -2.38. The molecular weight excluding hydrogens is 256 g/mol. The van der Waals surface area contributed by atoms with Crippen LogP contribution in [-0.4, -0.2) is 61.0 Å². The van der Waals surface area contributed by atoms with Crippen LogP contribution < -0.4 is 5.73 Å². The van der Waals surface area contributed by atoms with Gasteiger partial charge >= 0.3 is 5.97 Å². The summed E-state index contributed by atoms with van der Waals surface area (Å²) in [6, 6.07) is 0. The van der Waals surface area contributed by atoms with Crippen LogP contribution in [0.2, 0.25) is 0 Å². The summed E-state index contributed by atoms with van der Waals surface area (Å²) in [4.78, 5) is 11.9. The number of rotatable bonds is 10. The fourth-order valence-corrected chi connectivity index (χ4v) is 2.17. The van der Waals surface area contributed by atoms with Gasteiger partial charge in [-0.15, -0.1) is 0 Å². The summed E-state index contributed by atoms with van der Waals surface area (Å²) in [5.41, 5.74) is 5.17. The van der Waals surface area contributed by atoms with Gasteiger partial charge in [-0.1, -0.05) is 6.92 Å². The molecule has 0 heterocycles. The highest BCUT2D eigenvalue weighted by Gasteiger charge is 2.30. The van der Waals surface area contributed by atoms with Gasteiger partial charge in [-0.25, -0.2) is 0 Å². The Hall–Kier alpha value is -0.650. The number of ether oxygens (including phenoxy) is 1. The van der Waals surface area contributed by atoms with Crippen LogP contribution in [-0.2, 0) is 9.53 Å². The van der Waals surface area contributed by atoms with Gasteiger partial charge in [0.1, 0.15) is 19.3 Å². The van der Waals surface area contributed by atoms with E-state index in [0.29, 0.717) is 13.1 Å². The minimum absolute atomic E-state index is 0.0623. The highest BCUT2D eigenvalue weighted by molar-refractivity contribution is 5.75. The zero-order valence-electron chi connectivity index (χ0n) is 13.8. The molecule has 0 aromatic rings. The molecule has 0 aliphatic rings. The fraction of sp³-hybridized carbons (Fsp3) is 0.933. The Balaban J connectivity index is 4.41. The van der Waals surface area contributed by atoms with Crippen molar-refractivity contribution >= 4 is 5.97 Å². The van der Waals surface area contributed by atoms with Crippen molar-refractivity contribution in [1.29, 1.82) is 0 Å². The molecular formula is C15H33N2O3+. The number of hydrogen-bond donors (Lipinski definition) is 2. The molecule has 0 radical (unpaired) electrons. The van der Waals surface area contributed by atoms with Gasteiger partial charge in [0.25, 0.3) is 0 Å². The normalized spacial score (nSPS) is 14.2. The summed E-state index contributed by atoms with van der Waals surface area (Å²) < 4.78 is 6.00. The second-order valence-electron chi connectivity index (χ2n) is 6.16. The van der Waals surface area contributed by atoms with E-state index < -0.39 is 11.5 Å². The van der Waals surface area contributed by atoms with Gasteiger partial charge in [0.15, 0.2) is 0 Å². The standard InChI is InChI=1S/C15H33N2O3/c1-6-15(4,5)14(19)20-12-13(18)11-17(7-2,8-3)10-9-16/h13,18H,6-12,16H2,1-5H3/q+1. The number of aliphatic hydroxyl groups is 1. The van der Waals surface area contributed by atoms with Crippen LogP contribution in [0.3, 0.4) is 0 Å². The van der Waals surface area contributed by atoms with E-state index in [9.17, 15) is 9.90 Å². The first-order chi connectivity index (χ1) is 9.26. The summed E-state index contributed by atoms with van der Waals surface area (Å²) in [5, 5.41) is 10.1. The average Bonchev–Trinajstić information content (AvgIpc) is 2.43. The highest BCUT2D eigenvalue weighted by atomic mass is 16.5. The molecule has 0 rings (SSSR count). The Labute approximate surface area is 123 Å². The summed E-state index contributed by atoms with van der Waals surface area (Å²) >= 11 is 0. The van der Waals surface area contributed by atoms with Gasteiger partial charge in [0.05, 0.1) is 25.0 Å². The van der Waals surface area contributed by atoms with Crippen LogP contribution in [0.15, 0.2) is 0 Å².